The van der Waals surface area contributed by atoms with Crippen LogP contribution in [0.4, 0.5) is 0 Å². The second-order valence-electron chi connectivity index (χ2n) is 4.28. The fourth-order valence-corrected chi connectivity index (χ4v) is 3.54. The van der Waals surface area contributed by atoms with Crippen molar-refractivity contribution in [3.05, 3.63) is 36.0 Å². The van der Waals surface area contributed by atoms with Crippen molar-refractivity contribution in [3.63, 3.8) is 0 Å². The standard InChI is InChI=1S/C13H16N2S/c1-15-9-11(13-8-14-6-7-16-13)10-4-2-3-5-12(10)15/h2-5,9,13-14H,6-8H2,1H3. The van der Waals surface area contributed by atoms with Gasteiger partial charge >= 0.3 is 0 Å². The lowest BCUT2D eigenvalue weighted by Crippen LogP contribution is -2.27. The summed E-state index contributed by atoms with van der Waals surface area (Å²) in [5.74, 6) is 1.22. The number of hydrogen-bond donors (Lipinski definition) is 1. The fourth-order valence-electron chi connectivity index (χ4n) is 2.39. The first kappa shape index (κ1) is 10.2. The molecule has 1 aliphatic rings. The van der Waals surface area contributed by atoms with Gasteiger partial charge in [-0.05, 0) is 11.6 Å². The number of thioether (sulfide) groups is 1. The van der Waals surface area contributed by atoms with Crippen LogP contribution in [0.5, 0.6) is 0 Å². The van der Waals surface area contributed by atoms with Gasteiger partial charge in [0.25, 0.3) is 0 Å². The quantitative estimate of drug-likeness (QED) is 0.814. The molecule has 1 fully saturated rings. The minimum Gasteiger partial charge on any atom is -0.350 e. The topological polar surface area (TPSA) is 17.0 Å². The third kappa shape index (κ3) is 1.64. The second kappa shape index (κ2) is 4.15. The summed E-state index contributed by atoms with van der Waals surface area (Å²) in [4.78, 5) is 0. The van der Waals surface area contributed by atoms with Gasteiger partial charge in [-0.2, -0.15) is 11.8 Å². The van der Waals surface area contributed by atoms with E-state index in [0.717, 1.165) is 13.1 Å². The van der Waals surface area contributed by atoms with Gasteiger partial charge in [0.15, 0.2) is 0 Å². The van der Waals surface area contributed by atoms with E-state index in [-0.39, 0.29) is 0 Å². The molecule has 1 unspecified atom stereocenters. The zero-order valence-corrected chi connectivity index (χ0v) is 10.3. The molecule has 2 aromatic rings. The Labute approximate surface area is 100 Å². The van der Waals surface area contributed by atoms with Crippen molar-refractivity contribution in [2.24, 2.45) is 7.05 Å². The number of fused-ring (bicyclic) bond motifs is 1. The zero-order chi connectivity index (χ0) is 11.0. The highest BCUT2D eigenvalue weighted by Gasteiger charge is 2.19. The number of hydrogen-bond acceptors (Lipinski definition) is 2. The molecule has 1 aromatic heterocycles. The Hall–Kier alpha value is -0.930. The number of aromatic nitrogens is 1. The lowest BCUT2D eigenvalue weighted by molar-refractivity contribution is 0.690. The van der Waals surface area contributed by atoms with Gasteiger partial charge in [-0.1, -0.05) is 18.2 Å². The number of rotatable bonds is 1. The van der Waals surface area contributed by atoms with Crippen LogP contribution >= 0.6 is 11.8 Å². The molecule has 0 bridgehead atoms. The van der Waals surface area contributed by atoms with Crippen molar-refractivity contribution < 1.29 is 0 Å². The summed E-state index contributed by atoms with van der Waals surface area (Å²) in [7, 11) is 2.13. The highest BCUT2D eigenvalue weighted by molar-refractivity contribution is 7.99. The van der Waals surface area contributed by atoms with E-state index < -0.39 is 0 Å². The van der Waals surface area contributed by atoms with Crippen molar-refractivity contribution in [3.8, 4) is 0 Å². The number of benzene rings is 1. The maximum Gasteiger partial charge on any atom is 0.0480 e. The predicted octanol–water partition coefficient (Wildman–Crippen LogP) is 2.56. The number of para-hydroxylation sites is 1. The van der Waals surface area contributed by atoms with Gasteiger partial charge < -0.3 is 9.88 Å². The van der Waals surface area contributed by atoms with Crippen LogP contribution in [-0.4, -0.2) is 23.4 Å². The molecule has 2 heterocycles. The van der Waals surface area contributed by atoms with E-state index in [4.69, 9.17) is 0 Å². The van der Waals surface area contributed by atoms with E-state index in [9.17, 15) is 0 Å². The first-order valence-electron chi connectivity index (χ1n) is 5.72. The Kier molecular flexibility index (Phi) is 2.65. The number of aryl methyl sites for hydroxylation is 1. The molecule has 16 heavy (non-hydrogen) atoms. The molecule has 0 saturated carbocycles. The number of nitrogens with one attached hydrogen (secondary N) is 1. The third-order valence-electron chi connectivity index (χ3n) is 3.20. The SMILES string of the molecule is Cn1cc(C2CNCCS2)c2ccccc21. The summed E-state index contributed by atoms with van der Waals surface area (Å²) in [6, 6.07) is 8.67. The van der Waals surface area contributed by atoms with Crippen LogP contribution in [0.2, 0.25) is 0 Å². The average Bonchev–Trinajstić information content (AvgIpc) is 2.69. The summed E-state index contributed by atoms with van der Waals surface area (Å²) < 4.78 is 2.24. The molecule has 1 N–H and O–H groups in total. The van der Waals surface area contributed by atoms with Crippen molar-refractivity contribution in [2.75, 3.05) is 18.8 Å². The average molecular weight is 232 g/mol. The monoisotopic (exact) mass is 232 g/mol. The molecule has 0 aliphatic carbocycles. The Morgan fingerprint density at radius 3 is 3.06 bits per heavy atom. The maximum absolute atomic E-state index is 3.48. The van der Waals surface area contributed by atoms with Crippen molar-refractivity contribution >= 4 is 22.7 Å². The molecule has 0 radical (unpaired) electrons. The van der Waals surface area contributed by atoms with Crippen LogP contribution in [0.3, 0.4) is 0 Å². The van der Waals surface area contributed by atoms with Crippen molar-refractivity contribution in [1.29, 1.82) is 0 Å². The highest BCUT2D eigenvalue weighted by atomic mass is 32.2. The molecule has 0 spiro atoms. The minimum atomic E-state index is 0.611. The van der Waals surface area contributed by atoms with E-state index in [0.29, 0.717) is 5.25 Å². The molecular weight excluding hydrogens is 216 g/mol. The first-order valence-corrected chi connectivity index (χ1v) is 6.77. The lowest BCUT2D eigenvalue weighted by atomic mass is 10.1. The molecule has 2 nitrogen and oxygen atoms in total. The minimum absolute atomic E-state index is 0.611. The van der Waals surface area contributed by atoms with E-state index >= 15 is 0 Å². The molecule has 1 aromatic carbocycles. The molecular formula is C13H16N2S. The van der Waals surface area contributed by atoms with Crippen LogP contribution in [-0.2, 0) is 7.05 Å². The molecule has 3 rings (SSSR count). The summed E-state index contributed by atoms with van der Waals surface area (Å²) in [6.07, 6.45) is 2.29. The second-order valence-corrected chi connectivity index (χ2v) is 5.59. The van der Waals surface area contributed by atoms with E-state index in [1.807, 2.05) is 0 Å². The summed E-state index contributed by atoms with van der Waals surface area (Å²) in [5, 5.41) is 5.50. The highest BCUT2D eigenvalue weighted by Crippen LogP contribution is 2.35. The van der Waals surface area contributed by atoms with Crippen LogP contribution in [0, 0.1) is 0 Å². The Bertz CT molecular complexity index is 498. The van der Waals surface area contributed by atoms with Crippen LogP contribution in [0.1, 0.15) is 10.8 Å². The molecule has 3 heteroatoms. The Morgan fingerprint density at radius 1 is 1.38 bits per heavy atom. The zero-order valence-electron chi connectivity index (χ0n) is 9.44. The largest absolute Gasteiger partial charge is 0.350 e. The maximum atomic E-state index is 3.48. The first-order chi connectivity index (χ1) is 7.86. The van der Waals surface area contributed by atoms with Crippen LogP contribution in [0.15, 0.2) is 30.5 Å². The van der Waals surface area contributed by atoms with Crippen molar-refractivity contribution in [1.82, 2.24) is 9.88 Å². The van der Waals surface area contributed by atoms with Gasteiger partial charge in [0.1, 0.15) is 0 Å². The fraction of sp³-hybridized carbons (Fsp3) is 0.385. The lowest BCUT2D eigenvalue weighted by Gasteiger charge is -2.22. The smallest absolute Gasteiger partial charge is 0.0480 e. The Morgan fingerprint density at radius 2 is 2.25 bits per heavy atom. The van der Waals surface area contributed by atoms with Gasteiger partial charge in [-0.15, -0.1) is 0 Å². The Balaban J connectivity index is 2.08. The van der Waals surface area contributed by atoms with Crippen LogP contribution in [0.25, 0.3) is 10.9 Å². The normalized spacial score (nSPS) is 21.4. The van der Waals surface area contributed by atoms with Gasteiger partial charge in [-0.3, -0.25) is 0 Å². The molecule has 1 saturated heterocycles. The molecule has 84 valence electrons. The predicted molar refractivity (Wildman–Crippen MR) is 71.0 cm³/mol. The molecule has 1 atom stereocenters. The van der Waals surface area contributed by atoms with Gasteiger partial charge in [0.2, 0.25) is 0 Å². The van der Waals surface area contributed by atoms with E-state index in [2.05, 4.69) is 59.2 Å². The third-order valence-corrected chi connectivity index (χ3v) is 4.47. The van der Waals surface area contributed by atoms with Gasteiger partial charge in [0, 0.05) is 48.2 Å². The van der Waals surface area contributed by atoms with Gasteiger partial charge in [-0.25, -0.2) is 0 Å². The molecule has 0 amide bonds. The summed E-state index contributed by atoms with van der Waals surface area (Å²) in [6.45, 7) is 2.24. The summed E-state index contributed by atoms with van der Waals surface area (Å²) in [5.41, 5.74) is 2.82. The van der Waals surface area contributed by atoms with Crippen molar-refractivity contribution in [2.45, 2.75) is 5.25 Å². The summed E-state index contributed by atoms with van der Waals surface area (Å²) >= 11 is 2.07. The van der Waals surface area contributed by atoms with E-state index in [1.165, 1.54) is 22.2 Å². The van der Waals surface area contributed by atoms with E-state index in [1.54, 1.807) is 0 Å². The number of nitrogens with zero attached hydrogens (tertiary/aromatic N) is 1. The van der Waals surface area contributed by atoms with Crippen LogP contribution < -0.4 is 5.32 Å². The molecule has 1 aliphatic heterocycles. The van der Waals surface area contributed by atoms with Gasteiger partial charge in [0.05, 0.1) is 0 Å².